The van der Waals surface area contributed by atoms with E-state index in [1.54, 1.807) is 17.0 Å². The van der Waals surface area contributed by atoms with Crippen molar-refractivity contribution in [1.82, 2.24) is 10.2 Å². The van der Waals surface area contributed by atoms with E-state index in [-0.39, 0.29) is 23.0 Å². The van der Waals surface area contributed by atoms with E-state index in [1.165, 1.54) is 30.8 Å². The van der Waals surface area contributed by atoms with Crippen LogP contribution in [0.5, 0.6) is 0 Å². The second-order valence-electron chi connectivity index (χ2n) is 6.03. The Morgan fingerprint density at radius 1 is 1.33 bits per heavy atom. The number of benzene rings is 1. The fourth-order valence-electron chi connectivity index (χ4n) is 2.89. The van der Waals surface area contributed by atoms with Gasteiger partial charge in [0.1, 0.15) is 17.2 Å². The highest BCUT2D eigenvalue weighted by atomic mass is 32.2. The molecule has 6 heteroatoms. The van der Waals surface area contributed by atoms with Gasteiger partial charge in [0, 0.05) is 19.2 Å². The third-order valence-corrected chi connectivity index (χ3v) is 5.45. The average molecular weight is 352 g/mol. The minimum Gasteiger partial charge on any atom is -0.354 e. The number of rotatable bonds is 7. The summed E-state index contributed by atoms with van der Waals surface area (Å²) in [5.74, 6) is -0.0874. The predicted octanol–water partition coefficient (Wildman–Crippen LogP) is 3.48. The van der Waals surface area contributed by atoms with Crippen LogP contribution in [-0.2, 0) is 9.59 Å². The predicted molar refractivity (Wildman–Crippen MR) is 95.1 cm³/mol. The van der Waals surface area contributed by atoms with Gasteiger partial charge >= 0.3 is 0 Å². The minimum atomic E-state index is -0.494. The van der Waals surface area contributed by atoms with Gasteiger partial charge in [-0.2, -0.15) is 0 Å². The van der Waals surface area contributed by atoms with Crippen LogP contribution in [0.25, 0.3) is 0 Å². The molecule has 1 aliphatic heterocycles. The standard InChI is InChI=1S/C18H25FN2O2S/c1-3-4-5-6-10-20-17(23)16-12-24-18(21(16)13(2)22)14-8-7-9-15(19)11-14/h7-9,11,16,18H,3-6,10,12H2,1-2H3,(H,20,23). The van der Waals surface area contributed by atoms with Crippen LogP contribution in [-0.4, -0.2) is 35.1 Å². The molecule has 0 aliphatic carbocycles. The van der Waals surface area contributed by atoms with Gasteiger partial charge in [-0.25, -0.2) is 4.39 Å². The highest BCUT2D eigenvalue weighted by molar-refractivity contribution is 7.99. The first-order valence-electron chi connectivity index (χ1n) is 8.48. The third kappa shape index (κ3) is 4.72. The van der Waals surface area contributed by atoms with Crippen molar-refractivity contribution in [2.45, 2.75) is 50.9 Å². The first-order chi connectivity index (χ1) is 11.5. The number of carbonyl (C=O) groups excluding carboxylic acids is 2. The summed E-state index contributed by atoms with van der Waals surface area (Å²) in [5.41, 5.74) is 0.716. The number of amides is 2. The van der Waals surface area contributed by atoms with E-state index < -0.39 is 6.04 Å². The van der Waals surface area contributed by atoms with Crippen molar-refractivity contribution < 1.29 is 14.0 Å². The molecule has 0 saturated carbocycles. The lowest BCUT2D eigenvalue weighted by Gasteiger charge is -2.28. The van der Waals surface area contributed by atoms with Crippen molar-refractivity contribution >= 4 is 23.6 Å². The zero-order chi connectivity index (χ0) is 17.5. The highest BCUT2D eigenvalue weighted by Gasteiger charge is 2.40. The Morgan fingerprint density at radius 2 is 2.12 bits per heavy atom. The molecule has 4 nitrogen and oxygen atoms in total. The van der Waals surface area contributed by atoms with Gasteiger partial charge in [0.05, 0.1) is 0 Å². The maximum Gasteiger partial charge on any atom is 0.243 e. The van der Waals surface area contributed by atoms with Gasteiger partial charge < -0.3 is 10.2 Å². The molecular formula is C18H25FN2O2S. The van der Waals surface area contributed by atoms with E-state index in [9.17, 15) is 14.0 Å². The molecule has 1 heterocycles. The Labute approximate surface area is 147 Å². The van der Waals surface area contributed by atoms with Gasteiger partial charge in [-0.05, 0) is 24.1 Å². The number of nitrogens with zero attached hydrogens (tertiary/aromatic N) is 1. The van der Waals surface area contributed by atoms with Gasteiger partial charge in [-0.1, -0.05) is 38.3 Å². The topological polar surface area (TPSA) is 49.4 Å². The summed E-state index contributed by atoms with van der Waals surface area (Å²) >= 11 is 1.50. The molecule has 24 heavy (non-hydrogen) atoms. The molecule has 1 saturated heterocycles. The van der Waals surface area contributed by atoms with Crippen LogP contribution < -0.4 is 5.32 Å². The monoisotopic (exact) mass is 352 g/mol. The number of unbranched alkanes of at least 4 members (excludes halogenated alkanes) is 3. The summed E-state index contributed by atoms with van der Waals surface area (Å²) in [6.07, 6.45) is 4.36. The molecule has 1 N–H and O–H groups in total. The summed E-state index contributed by atoms with van der Waals surface area (Å²) in [6, 6.07) is 5.74. The molecule has 2 rings (SSSR count). The minimum absolute atomic E-state index is 0.117. The first kappa shape index (κ1) is 18.8. The Hall–Kier alpha value is -1.56. The summed E-state index contributed by atoms with van der Waals surface area (Å²) in [6.45, 7) is 4.24. The first-order valence-corrected chi connectivity index (χ1v) is 9.53. The Morgan fingerprint density at radius 3 is 2.79 bits per heavy atom. The number of thioether (sulfide) groups is 1. The Bertz CT molecular complexity index is 582. The van der Waals surface area contributed by atoms with Crippen LogP contribution in [0.3, 0.4) is 0 Å². The third-order valence-electron chi connectivity index (χ3n) is 4.13. The molecule has 2 unspecified atom stereocenters. The Balaban J connectivity index is 2.00. The fraction of sp³-hybridized carbons (Fsp3) is 0.556. The Kier molecular flexibility index (Phi) is 7.09. The van der Waals surface area contributed by atoms with Gasteiger partial charge in [-0.3, -0.25) is 9.59 Å². The number of halogens is 1. The van der Waals surface area contributed by atoms with E-state index in [2.05, 4.69) is 12.2 Å². The maximum atomic E-state index is 13.5. The molecule has 1 aromatic carbocycles. The fourth-order valence-corrected chi connectivity index (χ4v) is 4.36. The molecule has 0 radical (unpaired) electrons. The molecule has 1 aliphatic rings. The number of carbonyl (C=O) groups is 2. The summed E-state index contributed by atoms with van der Waals surface area (Å²) < 4.78 is 13.5. The maximum absolute atomic E-state index is 13.5. The van der Waals surface area contributed by atoms with Crippen LogP contribution in [0.2, 0.25) is 0 Å². The van der Waals surface area contributed by atoms with Crippen molar-refractivity contribution in [1.29, 1.82) is 0 Å². The molecule has 1 aromatic rings. The molecule has 132 valence electrons. The SMILES string of the molecule is CCCCCCNC(=O)C1CSC(c2cccc(F)c2)N1C(C)=O. The van der Waals surface area contributed by atoms with Crippen molar-refractivity contribution in [3.05, 3.63) is 35.6 Å². The normalized spacial score (nSPS) is 20.2. The van der Waals surface area contributed by atoms with E-state index in [0.717, 1.165) is 25.7 Å². The summed E-state index contributed by atoms with van der Waals surface area (Å²) in [5, 5.41) is 2.62. The van der Waals surface area contributed by atoms with Crippen LogP contribution in [0.1, 0.15) is 50.5 Å². The lowest BCUT2D eigenvalue weighted by molar-refractivity contribution is -0.138. The molecule has 2 amide bonds. The van der Waals surface area contributed by atoms with Crippen molar-refractivity contribution in [2.24, 2.45) is 0 Å². The molecule has 0 spiro atoms. The van der Waals surface area contributed by atoms with E-state index in [4.69, 9.17) is 0 Å². The van der Waals surface area contributed by atoms with Gasteiger partial charge in [0.25, 0.3) is 0 Å². The number of nitrogens with one attached hydrogen (secondary N) is 1. The van der Waals surface area contributed by atoms with Crippen LogP contribution in [0.15, 0.2) is 24.3 Å². The van der Waals surface area contributed by atoms with Crippen LogP contribution in [0.4, 0.5) is 4.39 Å². The van der Waals surface area contributed by atoms with E-state index in [0.29, 0.717) is 17.9 Å². The second-order valence-corrected chi connectivity index (χ2v) is 7.15. The molecule has 0 bridgehead atoms. The van der Waals surface area contributed by atoms with Crippen molar-refractivity contribution in [2.75, 3.05) is 12.3 Å². The van der Waals surface area contributed by atoms with Gasteiger partial charge in [-0.15, -0.1) is 11.8 Å². The smallest absolute Gasteiger partial charge is 0.243 e. The largest absolute Gasteiger partial charge is 0.354 e. The second kappa shape index (κ2) is 9.06. The molecular weight excluding hydrogens is 327 g/mol. The van der Waals surface area contributed by atoms with Gasteiger partial charge in [0.2, 0.25) is 11.8 Å². The van der Waals surface area contributed by atoms with E-state index >= 15 is 0 Å². The summed E-state index contributed by atoms with van der Waals surface area (Å²) in [4.78, 5) is 26.1. The lowest BCUT2D eigenvalue weighted by Crippen LogP contribution is -2.47. The molecule has 1 fully saturated rings. The zero-order valence-corrected chi connectivity index (χ0v) is 15.1. The van der Waals surface area contributed by atoms with Gasteiger partial charge in [0.15, 0.2) is 0 Å². The highest BCUT2D eigenvalue weighted by Crippen LogP contribution is 2.41. The van der Waals surface area contributed by atoms with Crippen LogP contribution in [0, 0.1) is 5.82 Å². The molecule has 2 atom stereocenters. The average Bonchev–Trinajstić information content (AvgIpc) is 3.00. The van der Waals surface area contributed by atoms with E-state index in [1.807, 2.05) is 0 Å². The van der Waals surface area contributed by atoms with Crippen LogP contribution >= 0.6 is 11.8 Å². The number of hydrogen-bond donors (Lipinski definition) is 1. The lowest BCUT2D eigenvalue weighted by atomic mass is 10.1. The summed E-state index contributed by atoms with van der Waals surface area (Å²) in [7, 11) is 0. The quantitative estimate of drug-likeness (QED) is 0.764. The number of hydrogen-bond acceptors (Lipinski definition) is 3. The van der Waals surface area contributed by atoms with Crippen molar-refractivity contribution in [3.8, 4) is 0 Å². The molecule has 0 aromatic heterocycles. The zero-order valence-electron chi connectivity index (χ0n) is 14.3. The van der Waals surface area contributed by atoms with Crippen molar-refractivity contribution in [3.63, 3.8) is 0 Å².